The van der Waals surface area contributed by atoms with Crippen LogP contribution in [-0.2, 0) is 0 Å². The Morgan fingerprint density at radius 3 is 2.71 bits per heavy atom. The van der Waals surface area contributed by atoms with E-state index in [4.69, 9.17) is 11.6 Å². The Balaban J connectivity index is 1.84. The zero-order valence-electron chi connectivity index (χ0n) is 10.1. The molecule has 0 radical (unpaired) electrons. The number of ketones is 1. The standard InChI is InChI=1S/C15H19ClO/c16-14-8-4-7-13(11-14)15(17)10-9-12-5-2-1-3-6-12/h4,7-8,11-12H,1-3,5-6,9-10H2. The summed E-state index contributed by atoms with van der Waals surface area (Å²) in [6.45, 7) is 0. The van der Waals surface area contributed by atoms with Crippen molar-refractivity contribution in [3.05, 3.63) is 34.9 Å². The van der Waals surface area contributed by atoms with Crippen LogP contribution in [0, 0.1) is 5.92 Å². The minimum atomic E-state index is 0.234. The summed E-state index contributed by atoms with van der Waals surface area (Å²) >= 11 is 5.89. The average Bonchev–Trinajstić information content (AvgIpc) is 2.37. The Kier molecular flexibility index (Phi) is 4.61. The van der Waals surface area contributed by atoms with E-state index in [-0.39, 0.29) is 5.78 Å². The smallest absolute Gasteiger partial charge is 0.162 e. The number of rotatable bonds is 4. The topological polar surface area (TPSA) is 17.1 Å². The minimum absolute atomic E-state index is 0.234. The molecule has 0 N–H and O–H groups in total. The van der Waals surface area contributed by atoms with Crippen molar-refractivity contribution in [3.8, 4) is 0 Å². The van der Waals surface area contributed by atoms with Crippen LogP contribution in [0.15, 0.2) is 24.3 Å². The van der Waals surface area contributed by atoms with Crippen LogP contribution in [0.5, 0.6) is 0 Å². The van der Waals surface area contributed by atoms with Gasteiger partial charge in [0.2, 0.25) is 0 Å². The number of carbonyl (C=O) groups excluding carboxylic acids is 1. The molecule has 0 aliphatic heterocycles. The maximum atomic E-state index is 12.0. The number of carbonyl (C=O) groups is 1. The number of benzene rings is 1. The van der Waals surface area contributed by atoms with Gasteiger partial charge in [-0.2, -0.15) is 0 Å². The Hall–Kier alpha value is -0.820. The highest BCUT2D eigenvalue weighted by Crippen LogP contribution is 2.27. The normalized spacial score (nSPS) is 17.0. The van der Waals surface area contributed by atoms with Crippen molar-refractivity contribution in [2.75, 3.05) is 0 Å². The lowest BCUT2D eigenvalue weighted by atomic mass is 9.85. The maximum Gasteiger partial charge on any atom is 0.162 e. The largest absolute Gasteiger partial charge is 0.294 e. The van der Waals surface area contributed by atoms with Crippen LogP contribution < -0.4 is 0 Å². The summed E-state index contributed by atoms with van der Waals surface area (Å²) in [6.07, 6.45) is 8.40. The highest BCUT2D eigenvalue weighted by molar-refractivity contribution is 6.31. The van der Waals surface area contributed by atoms with E-state index in [0.29, 0.717) is 11.4 Å². The van der Waals surface area contributed by atoms with E-state index in [1.54, 1.807) is 12.1 Å². The number of halogens is 1. The molecular weight excluding hydrogens is 232 g/mol. The molecule has 0 atom stereocenters. The van der Waals surface area contributed by atoms with Gasteiger partial charge in [-0.05, 0) is 24.5 Å². The molecule has 2 rings (SSSR count). The average molecular weight is 251 g/mol. The van der Waals surface area contributed by atoms with Gasteiger partial charge in [-0.1, -0.05) is 55.8 Å². The van der Waals surface area contributed by atoms with Gasteiger partial charge in [0.1, 0.15) is 0 Å². The predicted octanol–water partition coefficient (Wildman–Crippen LogP) is 4.88. The van der Waals surface area contributed by atoms with Gasteiger partial charge in [0.05, 0.1) is 0 Å². The molecule has 0 heterocycles. The van der Waals surface area contributed by atoms with Crippen molar-refractivity contribution in [3.63, 3.8) is 0 Å². The zero-order chi connectivity index (χ0) is 12.1. The van der Waals surface area contributed by atoms with Crippen LogP contribution in [0.3, 0.4) is 0 Å². The van der Waals surface area contributed by atoms with Crippen LogP contribution in [0.25, 0.3) is 0 Å². The van der Waals surface area contributed by atoms with Gasteiger partial charge >= 0.3 is 0 Å². The van der Waals surface area contributed by atoms with E-state index in [1.807, 2.05) is 12.1 Å². The molecule has 0 bridgehead atoms. The summed E-state index contributed by atoms with van der Waals surface area (Å²) < 4.78 is 0. The summed E-state index contributed by atoms with van der Waals surface area (Å²) in [5.74, 6) is 1.00. The van der Waals surface area contributed by atoms with Crippen LogP contribution in [0.4, 0.5) is 0 Å². The third-order valence-electron chi connectivity index (χ3n) is 3.65. The highest BCUT2D eigenvalue weighted by atomic mass is 35.5. The van der Waals surface area contributed by atoms with Crippen molar-refractivity contribution in [1.82, 2.24) is 0 Å². The summed E-state index contributed by atoms with van der Waals surface area (Å²) in [5.41, 5.74) is 0.758. The third-order valence-corrected chi connectivity index (χ3v) is 3.89. The molecule has 0 saturated heterocycles. The summed E-state index contributed by atoms with van der Waals surface area (Å²) in [5, 5.41) is 0.647. The molecule has 1 aliphatic carbocycles. The maximum absolute atomic E-state index is 12.0. The van der Waals surface area contributed by atoms with Crippen LogP contribution in [0.2, 0.25) is 5.02 Å². The molecule has 1 saturated carbocycles. The first-order valence-electron chi connectivity index (χ1n) is 6.54. The molecule has 2 heteroatoms. The Labute approximate surface area is 108 Å². The molecule has 1 aromatic rings. The van der Waals surface area contributed by atoms with Crippen LogP contribution >= 0.6 is 11.6 Å². The molecule has 17 heavy (non-hydrogen) atoms. The molecular formula is C15H19ClO. The van der Waals surface area contributed by atoms with Gasteiger partial charge in [-0.15, -0.1) is 0 Å². The quantitative estimate of drug-likeness (QED) is 0.696. The molecule has 1 aliphatic rings. The van der Waals surface area contributed by atoms with E-state index < -0.39 is 0 Å². The molecule has 0 spiro atoms. The second-order valence-corrected chi connectivity index (χ2v) is 5.41. The van der Waals surface area contributed by atoms with E-state index in [2.05, 4.69) is 0 Å². The van der Waals surface area contributed by atoms with Gasteiger partial charge in [0, 0.05) is 17.0 Å². The van der Waals surface area contributed by atoms with Gasteiger partial charge < -0.3 is 0 Å². The number of hydrogen-bond donors (Lipinski definition) is 0. The van der Waals surface area contributed by atoms with Crippen molar-refractivity contribution in [2.24, 2.45) is 5.92 Å². The lowest BCUT2D eigenvalue weighted by Crippen LogP contribution is -2.09. The van der Waals surface area contributed by atoms with Crippen molar-refractivity contribution in [1.29, 1.82) is 0 Å². The van der Waals surface area contributed by atoms with Crippen molar-refractivity contribution >= 4 is 17.4 Å². The second-order valence-electron chi connectivity index (χ2n) is 4.98. The third kappa shape index (κ3) is 3.85. The SMILES string of the molecule is O=C(CCC1CCCCC1)c1cccc(Cl)c1. The lowest BCUT2D eigenvalue weighted by molar-refractivity contribution is 0.0970. The first-order valence-corrected chi connectivity index (χ1v) is 6.92. The van der Waals surface area contributed by atoms with E-state index in [1.165, 1.54) is 32.1 Å². The first-order chi connectivity index (χ1) is 8.25. The predicted molar refractivity (Wildman–Crippen MR) is 71.6 cm³/mol. The van der Waals surface area contributed by atoms with Gasteiger partial charge in [-0.3, -0.25) is 4.79 Å². The molecule has 1 fully saturated rings. The molecule has 92 valence electrons. The van der Waals surface area contributed by atoms with Crippen molar-refractivity contribution < 1.29 is 4.79 Å². The molecule has 0 amide bonds. The molecule has 0 aromatic heterocycles. The zero-order valence-corrected chi connectivity index (χ0v) is 10.9. The highest BCUT2D eigenvalue weighted by Gasteiger charge is 2.15. The number of Topliss-reactive ketones (excluding diaryl/α,β-unsaturated/α-hetero) is 1. The van der Waals surface area contributed by atoms with E-state index in [0.717, 1.165) is 17.9 Å². The van der Waals surface area contributed by atoms with Gasteiger partial charge in [0.25, 0.3) is 0 Å². The summed E-state index contributed by atoms with van der Waals surface area (Å²) in [7, 11) is 0. The lowest BCUT2D eigenvalue weighted by Gasteiger charge is -2.20. The molecule has 1 aromatic carbocycles. The minimum Gasteiger partial charge on any atom is -0.294 e. The van der Waals surface area contributed by atoms with Crippen LogP contribution in [0.1, 0.15) is 55.3 Å². The van der Waals surface area contributed by atoms with Crippen molar-refractivity contribution in [2.45, 2.75) is 44.9 Å². The Bertz CT molecular complexity index is 380. The molecule has 1 nitrogen and oxygen atoms in total. The monoisotopic (exact) mass is 250 g/mol. The van der Waals surface area contributed by atoms with Gasteiger partial charge in [-0.25, -0.2) is 0 Å². The van der Waals surface area contributed by atoms with E-state index in [9.17, 15) is 4.79 Å². The first kappa shape index (κ1) is 12.6. The van der Waals surface area contributed by atoms with Crippen LogP contribution in [-0.4, -0.2) is 5.78 Å². The fraction of sp³-hybridized carbons (Fsp3) is 0.533. The number of hydrogen-bond acceptors (Lipinski definition) is 1. The Morgan fingerprint density at radius 2 is 2.00 bits per heavy atom. The fourth-order valence-electron chi connectivity index (χ4n) is 2.62. The van der Waals surface area contributed by atoms with E-state index >= 15 is 0 Å². The van der Waals surface area contributed by atoms with Gasteiger partial charge in [0.15, 0.2) is 5.78 Å². The summed E-state index contributed by atoms with van der Waals surface area (Å²) in [6, 6.07) is 7.27. The molecule has 0 unspecified atom stereocenters. The summed E-state index contributed by atoms with van der Waals surface area (Å²) in [4.78, 5) is 12.0. The Morgan fingerprint density at radius 1 is 1.24 bits per heavy atom. The fourth-order valence-corrected chi connectivity index (χ4v) is 2.81. The second kappa shape index (κ2) is 6.20.